The number of hydrogen-bond donors (Lipinski definition) is 1. The third kappa shape index (κ3) is 4.73. The third-order valence-electron chi connectivity index (χ3n) is 3.18. The van der Waals surface area contributed by atoms with E-state index in [9.17, 15) is 4.79 Å². The quantitative estimate of drug-likeness (QED) is 0.860. The minimum absolute atomic E-state index is 0.0313. The van der Waals surface area contributed by atoms with Gasteiger partial charge in [0.15, 0.2) is 0 Å². The van der Waals surface area contributed by atoms with Crippen molar-refractivity contribution in [3.63, 3.8) is 0 Å². The van der Waals surface area contributed by atoms with Crippen LogP contribution in [0.2, 0.25) is 8.67 Å². The van der Waals surface area contributed by atoms with Crippen molar-refractivity contribution in [2.45, 2.75) is 32.2 Å². The molecule has 0 saturated heterocycles. The van der Waals surface area contributed by atoms with E-state index in [0.29, 0.717) is 15.1 Å². The second-order valence-corrected chi connectivity index (χ2v) is 7.23. The van der Waals surface area contributed by atoms with Crippen molar-refractivity contribution >= 4 is 40.4 Å². The van der Waals surface area contributed by atoms with Gasteiger partial charge in [-0.05, 0) is 31.4 Å². The summed E-state index contributed by atoms with van der Waals surface area (Å²) in [5, 5.41) is 7.07. The fourth-order valence-electron chi connectivity index (χ4n) is 2.04. The smallest absolute Gasteiger partial charge is 0.220 e. The van der Waals surface area contributed by atoms with Crippen LogP contribution in [0.1, 0.15) is 36.9 Å². The van der Waals surface area contributed by atoms with Crippen LogP contribution in [0.15, 0.2) is 18.5 Å². The SMILES string of the molecule is C[C@@H](NC(=O)CCCc1cc(Cl)sc1Cl)c1cnn(C)c1. The number of thiophene rings is 1. The molecule has 0 fully saturated rings. The highest BCUT2D eigenvalue weighted by atomic mass is 35.5. The third-order valence-corrected chi connectivity index (χ3v) is 4.75. The number of amides is 1. The summed E-state index contributed by atoms with van der Waals surface area (Å²) in [6.07, 6.45) is 5.64. The second-order valence-electron chi connectivity index (χ2n) is 4.94. The van der Waals surface area contributed by atoms with Crippen LogP contribution in [0, 0.1) is 0 Å². The van der Waals surface area contributed by atoms with E-state index in [-0.39, 0.29) is 11.9 Å². The predicted octanol–water partition coefficient (Wildman–Crippen LogP) is 3.99. The Morgan fingerprint density at radius 3 is 2.86 bits per heavy atom. The summed E-state index contributed by atoms with van der Waals surface area (Å²) in [5.74, 6) is 0.0313. The largest absolute Gasteiger partial charge is 0.349 e. The molecule has 2 rings (SSSR count). The van der Waals surface area contributed by atoms with Crippen molar-refractivity contribution in [1.29, 1.82) is 0 Å². The molecule has 114 valence electrons. The summed E-state index contributed by atoms with van der Waals surface area (Å²) in [6.45, 7) is 1.95. The maximum absolute atomic E-state index is 11.9. The lowest BCUT2D eigenvalue weighted by Crippen LogP contribution is -2.26. The summed E-state index contributed by atoms with van der Waals surface area (Å²) < 4.78 is 3.12. The van der Waals surface area contributed by atoms with E-state index in [1.54, 1.807) is 10.9 Å². The topological polar surface area (TPSA) is 46.9 Å². The lowest BCUT2D eigenvalue weighted by molar-refractivity contribution is -0.121. The van der Waals surface area contributed by atoms with Crippen LogP contribution in [-0.2, 0) is 18.3 Å². The van der Waals surface area contributed by atoms with Crippen LogP contribution in [0.25, 0.3) is 0 Å². The van der Waals surface area contributed by atoms with Crippen LogP contribution < -0.4 is 5.32 Å². The molecule has 7 heteroatoms. The van der Waals surface area contributed by atoms with Crippen molar-refractivity contribution < 1.29 is 4.79 Å². The van der Waals surface area contributed by atoms with Crippen LogP contribution in [0.5, 0.6) is 0 Å². The number of carbonyl (C=O) groups is 1. The Hall–Kier alpha value is -1.04. The molecule has 2 aromatic rings. The molecule has 21 heavy (non-hydrogen) atoms. The van der Waals surface area contributed by atoms with Crippen LogP contribution in [0.4, 0.5) is 0 Å². The number of aromatic nitrogens is 2. The average Bonchev–Trinajstić information content (AvgIpc) is 2.96. The summed E-state index contributed by atoms with van der Waals surface area (Å²) in [7, 11) is 1.85. The summed E-state index contributed by atoms with van der Waals surface area (Å²) in [5.41, 5.74) is 2.01. The molecule has 0 spiro atoms. The van der Waals surface area contributed by atoms with Gasteiger partial charge in [0.05, 0.1) is 20.9 Å². The van der Waals surface area contributed by atoms with Gasteiger partial charge in [-0.3, -0.25) is 9.48 Å². The van der Waals surface area contributed by atoms with Gasteiger partial charge in [0, 0.05) is 25.2 Å². The highest BCUT2D eigenvalue weighted by molar-refractivity contribution is 7.20. The zero-order valence-corrected chi connectivity index (χ0v) is 14.2. The zero-order valence-electron chi connectivity index (χ0n) is 11.9. The van der Waals surface area contributed by atoms with Crippen molar-refractivity contribution in [2.24, 2.45) is 7.05 Å². The van der Waals surface area contributed by atoms with E-state index < -0.39 is 0 Å². The Morgan fingerprint density at radius 1 is 1.52 bits per heavy atom. The number of rotatable bonds is 6. The van der Waals surface area contributed by atoms with Gasteiger partial charge in [-0.2, -0.15) is 5.10 Å². The van der Waals surface area contributed by atoms with Crippen LogP contribution in [0.3, 0.4) is 0 Å². The number of nitrogens with zero attached hydrogens (tertiary/aromatic N) is 2. The number of nitrogens with one attached hydrogen (secondary N) is 1. The van der Waals surface area contributed by atoms with E-state index in [1.165, 1.54) is 11.3 Å². The fourth-order valence-corrected chi connectivity index (χ4v) is 3.59. The van der Waals surface area contributed by atoms with Gasteiger partial charge in [0.25, 0.3) is 0 Å². The van der Waals surface area contributed by atoms with Gasteiger partial charge in [-0.25, -0.2) is 0 Å². The zero-order chi connectivity index (χ0) is 15.4. The lowest BCUT2D eigenvalue weighted by atomic mass is 10.1. The summed E-state index contributed by atoms with van der Waals surface area (Å²) in [6, 6.07) is 1.83. The lowest BCUT2D eigenvalue weighted by Gasteiger charge is -2.11. The van der Waals surface area contributed by atoms with Crippen molar-refractivity contribution in [2.75, 3.05) is 0 Å². The molecular weight excluding hydrogens is 329 g/mol. The highest BCUT2D eigenvalue weighted by Gasteiger charge is 2.12. The standard InChI is InChI=1S/C14H17Cl2N3OS/c1-9(11-7-17-19(2)8-11)18-13(20)5-3-4-10-6-12(15)21-14(10)16/h6-9H,3-5H2,1-2H3,(H,18,20)/t9-/m1/s1. The van der Waals surface area contributed by atoms with Crippen LogP contribution >= 0.6 is 34.5 Å². The molecule has 2 heterocycles. The van der Waals surface area contributed by atoms with Gasteiger partial charge in [0.1, 0.15) is 0 Å². The number of carbonyl (C=O) groups excluding carboxylic acids is 1. The molecule has 0 aliphatic carbocycles. The number of aryl methyl sites for hydroxylation is 2. The molecule has 0 saturated carbocycles. The fraction of sp³-hybridized carbons (Fsp3) is 0.429. The molecular formula is C14H17Cl2N3OS. The van der Waals surface area contributed by atoms with E-state index in [2.05, 4.69) is 10.4 Å². The van der Waals surface area contributed by atoms with E-state index in [4.69, 9.17) is 23.2 Å². The Bertz CT molecular complexity index is 624. The highest BCUT2D eigenvalue weighted by Crippen LogP contribution is 2.32. The molecule has 1 atom stereocenters. The molecule has 0 radical (unpaired) electrons. The Kier molecular flexibility index (Phi) is 5.67. The monoisotopic (exact) mass is 345 g/mol. The first-order chi connectivity index (χ1) is 9.95. The maximum atomic E-state index is 11.9. The molecule has 0 aromatic carbocycles. The minimum Gasteiger partial charge on any atom is -0.349 e. The predicted molar refractivity (Wildman–Crippen MR) is 87.0 cm³/mol. The number of hydrogen-bond acceptors (Lipinski definition) is 3. The Morgan fingerprint density at radius 2 is 2.29 bits per heavy atom. The first kappa shape index (κ1) is 16.3. The van der Waals surface area contributed by atoms with E-state index in [0.717, 1.165) is 24.0 Å². The van der Waals surface area contributed by atoms with Crippen molar-refractivity contribution in [3.05, 3.63) is 38.3 Å². The van der Waals surface area contributed by atoms with E-state index in [1.807, 2.05) is 26.2 Å². The van der Waals surface area contributed by atoms with E-state index >= 15 is 0 Å². The Labute approximate surface area is 138 Å². The molecule has 2 aromatic heterocycles. The molecule has 0 unspecified atom stereocenters. The molecule has 0 bridgehead atoms. The normalized spacial score (nSPS) is 12.4. The molecule has 0 aliphatic heterocycles. The average molecular weight is 346 g/mol. The van der Waals surface area contributed by atoms with Gasteiger partial charge in [-0.1, -0.05) is 23.2 Å². The van der Waals surface area contributed by atoms with Gasteiger partial charge in [0.2, 0.25) is 5.91 Å². The minimum atomic E-state index is -0.0367. The first-order valence-electron chi connectivity index (χ1n) is 6.67. The van der Waals surface area contributed by atoms with Crippen LogP contribution in [-0.4, -0.2) is 15.7 Å². The Balaban J connectivity index is 1.76. The molecule has 0 aliphatic rings. The first-order valence-corrected chi connectivity index (χ1v) is 8.24. The maximum Gasteiger partial charge on any atom is 0.220 e. The molecule has 4 nitrogen and oxygen atoms in total. The second kappa shape index (κ2) is 7.29. The van der Waals surface area contributed by atoms with Gasteiger partial charge >= 0.3 is 0 Å². The summed E-state index contributed by atoms with van der Waals surface area (Å²) >= 11 is 13.3. The molecule has 1 amide bonds. The number of halogens is 2. The van der Waals surface area contributed by atoms with Crippen molar-refractivity contribution in [1.82, 2.24) is 15.1 Å². The van der Waals surface area contributed by atoms with Gasteiger partial charge in [-0.15, -0.1) is 11.3 Å². The summed E-state index contributed by atoms with van der Waals surface area (Å²) in [4.78, 5) is 11.9. The molecule has 1 N–H and O–H groups in total. The van der Waals surface area contributed by atoms with Crippen molar-refractivity contribution in [3.8, 4) is 0 Å². The van der Waals surface area contributed by atoms with Gasteiger partial charge < -0.3 is 5.32 Å².